The summed E-state index contributed by atoms with van der Waals surface area (Å²) in [5, 5.41) is 3.22. The van der Waals surface area contributed by atoms with Crippen LogP contribution in [0.4, 0.5) is 5.69 Å². The molecule has 1 aromatic carbocycles. The van der Waals surface area contributed by atoms with E-state index >= 15 is 0 Å². The maximum Gasteiger partial charge on any atom is 0.260 e. The van der Waals surface area contributed by atoms with Gasteiger partial charge in [-0.1, -0.05) is 11.6 Å². The van der Waals surface area contributed by atoms with Gasteiger partial charge >= 0.3 is 0 Å². The van der Waals surface area contributed by atoms with Crippen molar-refractivity contribution in [1.82, 2.24) is 10.7 Å². The van der Waals surface area contributed by atoms with E-state index in [1.165, 1.54) is 0 Å². The SMILES string of the molecule is O=C1CCC(C(=O)NNc2ccc(Cl)cc2)N1. The van der Waals surface area contributed by atoms with Crippen LogP contribution in [-0.4, -0.2) is 17.9 Å². The fourth-order valence-electron chi connectivity index (χ4n) is 1.56. The van der Waals surface area contributed by atoms with Crippen LogP contribution in [0.2, 0.25) is 5.02 Å². The fraction of sp³-hybridized carbons (Fsp3) is 0.273. The quantitative estimate of drug-likeness (QED) is 0.706. The van der Waals surface area contributed by atoms with Crippen molar-refractivity contribution in [3.63, 3.8) is 0 Å². The van der Waals surface area contributed by atoms with E-state index in [-0.39, 0.29) is 11.8 Å². The second-order valence-corrected chi connectivity index (χ2v) is 4.22. The molecule has 1 atom stereocenters. The predicted octanol–water partition coefficient (Wildman–Crippen LogP) is 1.06. The van der Waals surface area contributed by atoms with E-state index in [9.17, 15) is 9.59 Å². The van der Waals surface area contributed by atoms with Crippen LogP contribution < -0.4 is 16.2 Å². The number of benzene rings is 1. The topological polar surface area (TPSA) is 70.2 Å². The summed E-state index contributed by atoms with van der Waals surface area (Å²) in [6, 6.07) is 6.48. The third-order valence-electron chi connectivity index (χ3n) is 2.49. The lowest BCUT2D eigenvalue weighted by Gasteiger charge is -2.12. The highest BCUT2D eigenvalue weighted by molar-refractivity contribution is 6.30. The summed E-state index contributed by atoms with van der Waals surface area (Å²) >= 11 is 5.73. The monoisotopic (exact) mass is 253 g/mol. The van der Waals surface area contributed by atoms with Crippen LogP contribution in [0.1, 0.15) is 12.8 Å². The van der Waals surface area contributed by atoms with Crippen LogP contribution in [-0.2, 0) is 9.59 Å². The molecule has 1 fully saturated rings. The number of anilines is 1. The molecule has 0 aliphatic carbocycles. The summed E-state index contributed by atoms with van der Waals surface area (Å²) in [7, 11) is 0. The number of hydrazine groups is 1. The largest absolute Gasteiger partial charge is 0.344 e. The highest BCUT2D eigenvalue weighted by Gasteiger charge is 2.26. The Labute approximate surface area is 103 Å². The van der Waals surface area contributed by atoms with Crippen molar-refractivity contribution in [2.24, 2.45) is 0 Å². The van der Waals surface area contributed by atoms with E-state index in [2.05, 4.69) is 16.2 Å². The van der Waals surface area contributed by atoms with Crippen LogP contribution in [0.5, 0.6) is 0 Å². The number of amides is 2. The molecule has 1 saturated heterocycles. The van der Waals surface area contributed by atoms with Crippen molar-refractivity contribution in [3.05, 3.63) is 29.3 Å². The van der Waals surface area contributed by atoms with Crippen LogP contribution in [0.15, 0.2) is 24.3 Å². The van der Waals surface area contributed by atoms with Crippen molar-refractivity contribution in [3.8, 4) is 0 Å². The van der Waals surface area contributed by atoms with Gasteiger partial charge in [0.1, 0.15) is 6.04 Å². The molecular weight excluding hydrogens is 242 g/mol. The zero-order chi connectivity index (χ0) is 12.3. The van der Waals surface area contributed by atoms with Crippen LogP contribution in [0.3, 0.4) is 0 Å². The molecule has 0 bridgehead atoms. The van der Waals surface area contributed by atoms with E-state index in [1.54, 1.807) is 24.3 Å². The Hall–Kier alpha value is -1.75. The maximum atomic E-state index is 11.6. The number of carbonyl (C=O) groups excluding carboxylic acids is 2. The maximum absolute atomic E-state index is 11.6. The molecule has 90 valence electrons. The van der Waals surface area contributed by atoms with Gasteiger partial charge in [0.15, 0.2) is 0 Å². The highest BCUT2D eigenvalue weighted by atomic mass is 35.5. The number of hydrogen-bond donors (Lipinski definition) is 3. The standard InChI is InChI=1S/C11H12ClN3O2/c12-7-1-3-8(4-2-7)14-15-11(17)9-5-6-10(16)13-9/h1-4,9,14H,5-6H2,(H,13,16)(H,15,17). The molecule has 0 saturated carbocycles. The molecule has 1 aromatic rings. The molecule has 1 heterocycles. The first-order valence-electron chi connectivity index (χ1n) is 5.26. The number of hydrogen-bond acceptors (Lipinski definition) is 3. The zero-order valence-corrected chi connectivity index (χ0v) is 9.75. The lowest BCUT2D eigenvalue weighted by Crippen LogP contribution is -2.43. The van der Waals surface area contributed by atoms with E-state index in [1.807, 2.05) is 0 Å². The first kappa shape index (κ1) is 11.7. The van der Waals surface area contributed by atoms with Gasteiger partial charge in [0.2, 0.25) is 5.91 Å². The summed E-state index contributed by atoms with van der Waals surface area (Å²) in [4.78, 5) is 22.6. The van der Waals surface area contributed by atoms with Crippen molar-refractivity contribution in [1.29, 1.82) is 0 Å². The third kappa shape index (κ3) is 3.10. The Kier molecular flexibility index (Phi) is 3.49. The molecule has 2 amide bonds. The van der Waals surface area contributed by atoms with Crippen molar-refractivity contribution < 1.29 is 9.59 Å². The summed E-state index contributed by atoms with van der Waals surface area (Å²) in [5.41, 5.74) is 6.02. The molecule has 0 aromatic heterocycles. The molecule has 6 heteroatoms. The predicted molar refractivity (Wildman–Crippen MR) is 64.4 cm³/mol. The Morgan fingerprint density at radius 3 is 2.65 bits per heavy atom. The first-order valence-corrected chi connectivity index (χ1v) is 5.64. The smallest absolute Gasteiger partial charge is 0.260 e. The molecule has 3 N–H and O–H groups in total. The average Bonchev–Trinajstić information content (AvgIpc) is 2.75. The van der Waals surface area contributed by atoms with Gasteiger partial charge in [0.05, 0.1) is 5.69 Å². The summed E-state index contributed by atoms with van der Waals surface area (Å²) < 4.78 is 0. The van der Waals surface area contributed by atoms with Crippen LogP contribution in [0, 0.1) is 0 Å². The molecule has 17 heavy (non-hydrogen) atoms. The van der Waals surface area contributed by atoms with E-state index in [4.69, 9.17) is 11.6 Å². The molecule has 1 unspecified atom stereocenters. The molecule has 0 radical (unpaired) electrons. The molecule has 5 nitrogen and oxygen atoms in total. The Morgan fingerprint density at radius 2 is 2.06 bits per heavy atom. The molecule has 1 aliphatic rings. The number of halogens is 1. The lowest BCUT2D eigenvalue weighted by atomic mass is 10.2. The molecule has 1 aliphatic heterocycles. The molecular formula is C11H12ClN3O2. The molecule has 0 spiro atoms. The highest BCUT2D eigenvalue weighted by Crippen LogP contribution is 2.12. The third-order valence-corrected chi connectivity index (χ3v) is 2.74. The summed E-state index contributed by atoms with van der Waals surface area (Å²) in [6.07, 6.45) is 0.937. The van der Waals surface area contributed by atoms with E-state index in [0.29, 0.717) is 17.9 Å². The van der Waals surface area contributed by atoms with Gasteiger partial charge in [-0.2, -0.15) is 0 Å². The lowest BCUT2D eigenvalue weighted by molar-refractivity contribution is -0.125. The minimum Gasteiger partial charge on any atom is -0.344 e. The Balaban J connectivity index is 1.84. The van der Waals surface area contributed by atoms with Crippen molar-refractivity contribution in [2.75, 3.05) is 5.43 Å². The van der Waals surface area contributed by atoms with Gasteiger partial charge in [-0.3, -0.25) is 20.4 Å². The van der Waals surface area contributed by atoms with Gasteiger partial charge in [0.25, 0.3) is 5.91 Å². The second-order valence-electron chi connectivity index (χ2n) is 3.78. The fourth-order valence-corrected chi connectivity index (χ4v) is 1.69. The van der Waals surface area contributed by atoms with Gasteiger partial charge < -0.3 is 5.32 Å². The van der Waals surface area contributed by atoms with Crippen molar-refractivity contribution >= 4 is 29.1 Å². The average molecular weight is 254 g/mol. The van der Waals surface area contributed by atoms with Gasteiger partial charge in [-0.05, 0) is 30.7 Å². The summed E-state index contributed by atoms with van der Waals surface area (Å²) in [6.45, 7) is 0. The first-order chi connectivity index (χ1) is 8.15. The van der Waals surface area contributed by atoms with Gasteiger partial charge in [-0.15, -0.1) is 0 Å². The summed E-state index contributed by atoms with van der Waals surface area (Å²) in [5.74, 6) is -0.331. The van der Waals surface area contributed by atoms with E-state index < -0.39 is 6.04 Å². The zero-order valence-electron chi connectivity index (χ0n) is 9.00. The number of rotatable bonds is 3. The molecule has 2 rings (SSSR count). The van der Waals surface area contributed by atoms with Crippen LogP contribution in [0.25, 0.3) is 0 Å². The normalized spacial score (nSPS) is 18.6. The number of carbonyl (C=O) groups is 2. The van der Waals surface area contributed by atoms with Gasteiger partial charge in [-0.25, -0.2) is 0 Å². The van der Waals surface area contributed by atoms with Crippen LogP contribution >= 0.6 is 11.6 Å². The van der Waals surface area contributed by atoms with Crippen molar-refractivity contribution in [2.45, 2.75) is 18.9 Å². The minimum atomic E-state index is -0.442. The minimum absolute atomic E-state index is 0.0864. The Bertz CT molecular complexity index is 433. The Morgan fingerprint density at radius 1 is 1.35 bits per heavy atom. The van der Waals surface area contributed by atoms with E-state index in [0.717, 1.165) is 5.69 Å². The second kappa shape index (κ2) is 5.05. The number of nitrogens with one attached hydrogen (secondary N) is 3. The van der Waals surface area contributed by atoms with Gasteiger partial charge in [0, 0.05) is 11.4 Å².